The minimum atomic E-state index is -0.769. The lowest BCUT2D eigenvalue weighted by molar-refractivity contribution is 0.0503. The number of fused-ring (bicyclic) bond motifs is 1. The van der Waals surface area contributed by atoms with E-state index in [2.05, 4.69) is 29.4 Å². The van der Waals surface area contributed by atoms with Crippen LogP contribution in [0.15, 0.2) is 18.2 Å². The van der Waals surface area contributed by atoms with E-state index in [1.165, 1.54) is 0 Å². The first-order chi connectivity index (χ1) is 11.4. The zero-order valence-corrected chi connectivity index (χ0v) is 16.9. The molecule has 0 saturated carbocycles. The zero-order valence-electron chi connectivity index (χ0n) is 16.1. The molecule has 1 aliphatic carbocycles. The van der Waals surface area contributed by atoms with Gasteiger partial charge < -0.3 is 15.4 Å². The van der Waals surface area contributed by atoms with Crippen molar-refractivity contribution in [3.05, 3.63) is 34.9 Å². The Bertz CT molecular complexity index is 660. The van der Waals surface area contributed by atoms with Crippen LogP contribution in [0.3, 0.4) is 0 Å². The Morgan fingerprint density at radius 2 is 1.92 bits per heavy atom. The highest BCUT2D eigenvalue weighted by atomic mass is 32.3. The quantitative estimate of drug-likeness (QED) is 0.856. The fraction of sp³-hybridized carbons (Fsp3) is 0.579. The number of carbonyl (C=O) groups excluding carboxylic acids is 2. The summed E-state index contributed by atoms with van der Waals surface area (Å²) in [6.07, 6.45) is 7.78. The van der Waals surface area contributed by atoms with Crippen molar-refractivity contribution in [3.8, 4) is 0 Å². The van der Waals surface area contributed by atoms with Gasteiger partial charge in [0.25, 0.3) is 5.91 Å². The first-order valence-corrected chi connectivity index (χ1v) is 11.5. The second-order valence-electron chi connectivity index (χ2n) is 8.39. The van der Waals surface area contributed by atoms with Gasteiger partial charge in [0.2, 0.25) is 0 Å². The third-order valence-electron chi connectivity index (χ3n) is 3.84. The van der Waals surface area contributed by atoms with Crippen LogP contribution in [0.2, 0.25) is 0 Å². The number of carbonyl (C=O) groups is 2. The number of aryl methyl sites for hydroxylation is 1. The van der Waals surface area contributed by atoms with Crippen molar-refractivity contribution in [2.75, 3.05) is 24.6 Å². The molecule has 0 spiro atoms. The van der Waals surface area contributed by atoms with E-state index in [0.717, 1.165) is 24.0 Å². The van der Waals surface area contributed by atoms with E-state index in [0.29, 0.717) is 11.4 Å². The fourth-order valence-corrected chi connectivity index (χ4v) is 3.31. The van der Waals surface area contributed by atoms with E-state index in [1.807, 2.05) is 39.0 Å². The Morgan fingerprint density at radius 1 is 1.24 bits per heavy atom. The normalized spacial score (nSPS) is 17.6. The molecule has 5 nitrogen and oxygen atoms in total. The van der Waals surface area contributed by atoms with Crippen molar-refractivity contribution in [1.29, 1.82) is 0 Å². The lowest BCUT2D eigenvalue weighted by Crippen LogP contribution is -2.34. The molecule has 0 radical (unpaired) electrons. The van der Waals surface area contributed by atoms with Gasteiger partial charge in [-0.2, -0.15) is 0 Å². The highest BCUT2D eigenvalue weighted by Gasteiger charge is 2.27. The summed E-state index contributed by atoms with van der Waals surface area (Å²) in [5.74, 6) is 0.680. The third kappa shape index (κ3) is 5.96. The van der Waals surface area contributed by atoms with Crippen molar-refractivity contribution in [2.24, 2.45) is 0 Å². The van der Waals surface area contributed by atoms with Crippen molar-refractivity contribution >= 4 is 22.0 Å². The molecule has 1 aromatic carbocycles. The molecule has 0 aromatic heterocycles. The summed E-state index contributed by atoms with van der Waals surface area (Å²) >= 11 is 0. The molecule has 1 aromatic rings. The van der Waals surface area contributed by atoms with Gasteiger partial charge in [-0.3, -0.25) is 4.79 Å². The SMILES string of the molecule is CC(C)(C)OC(=O)NC1CCc2cc(C(=O)NCS(C)(C)C)ccc21. The molecule has 140 valence electrons. The molecule has 0 heterocycles. The number of benzene rings is 1. The second kappa shape index (κ2) is 7.28. The number of nitrogens with one attached hydrogen (secondary N) is 2. The van der Waals surface area contributed by atoms with Crippen LogP contribution < -0.4 is 10.6 Å². The molecular formula is C19H30N2O3S. The smallest absolute Gasteiger partial charge is 0.408 e. The van der Waals surface area contributed by atoms with Gasteiger partial charge in [0.05, 0.1) is 6.04 Å². The van der Waals surface area contributed by atoms with E-state index in [1.54, 1.807) is 0 Å². The average molecular weight is 367 g/mol. The standard InChI is InChI=1S/C19H30N2O3S/c1-19(2,3)24-18(23)21-16-10-8-13-11-14(7-9-15(13)16)17(22)20-12-25(4,5)6/h7,9,11,16H,8,10,12H2,1-6H3,(H,20,22)(H,21,23). The van der Waals surface area contributed by atoms with Crippen LogP contribution >= 0.6 is 10.0 Å². The maximum absolute atomic E-state index is 12.3. The van der Waals surface area contributed by atoms with E-state index >= 15 is 0 Å². The van der Waals surface area contributed by atoms with Gasteiger partial charge in [-0.1, -0.05) is 6.07 Å². The van der Waals surface area contributed by atoms with Gasteiger partial charge in [0.15, 0.2) is 0 Å². The number of amides is 2. The van der Waals surface area contributed by atoms with Crippen molar-refractivity contribution in [1.82, 2.24) is 10.6 Å². The molecule has 1 atom stereocenters. The van der Waals surface area contributed by atoms with Crippen LogP contribution in [0.4, 0.5) is 4.79 Å². The van der Waals surface area contributed by atoms with Gasteiger partial charge in [-0.05, 0) is 75.6 Å². The molecule has 2 amide bonds. The molecule has 1 unspecified atom stereocenters. The molecule has 0 aliphatic heterocycles. The van der Waals surface area contributed by atoms with E-state index in [-0.39, 0.29) is 11.9 Å². The summed E-state index contributed by atoms with van der Waals surface area (Å²) < 4.78 is 5.33. The highest BCUT2D eigenvalue weighted by Crippen LogP contribution is 2.33. The minimum Gasteiger partial charge on any atom is -0.444 e. The maximum Gasteiger partial charge on any atom is 0.408 e. The number of ether oxygens (including phenoxy) is 1. The molecule has 0 bridgehead atoms. The van der Waals surface area contributed by atoms with Gasteiger partial charge in [0, 0.05) is 11.4 Å². The summed E-state index contributed by atoms with van der Waals surface area (Å²) in [5.41, 5.74) is 2.36. The molecule has 25 heavy (non-hydrogen) atoms. The number of hydrogen-bond acceptors (Lipinski definition) is 3. The monoisotopic (exact) mass is 366 g/mol. The largest absolute Gasteiger partial charge is 0.444 e. The Labute approximate surface area is 152 Å². The van der Waals surface area contributed by atoms with Crippen LogP contribution in [0.25, 0.3) is 0 Å². The lowest BCUT2D eigenvalue weighted by atomic mass is 10.0. The first kappa shape index (κ1) is 19.6. The van der Waals surface area contributed by atoms with Crippen LogP contribution in [0.5, 0.6) is 0 Å². The highest BCUT2D eigenvalue weighted by molar-refractivity contribution is 8.32. The van der Waals surface area contributed by atoms with E-state index in [9.17, 15) is 9.59 Å². The fourth-order valence-electron chi connectivity index (χ4n) is 2.74. The molecule has 0 fully saturated rings. The van der Waals surface area contributed by atoms with Crippen LogP contribution in [-0.4, -0.2) is 42.2 Å². The van der Waals surface area contributed by atoms with Gasteiger partial charge in [-0.15, -0.1) is 0 Å². The third-order valence-corrected chi connectivity index (χ3v) is 4.85. The molecular weight excluding hydrogens is 336 g/mol. The van der Waals surface area contributed by atoms with E-state index in [4.69, 9.17) is 4.74 Å². The Kier molecular flexibility index (Phi) is 5.72. The van der Waals surface area contributed by atoms with E-state index < -0.39 is 21.7 Å². The van der Waals surface area contributed by atoms with Gasteiger partial charge in [0.1, 0.15) is 5.60 Å². The molecule has 0 saturated heterocycles. The molecule has 6 heteroatoms. The predicted molar refractivity (Wildman–Crippen MR) is 105 cm³/mol. The van der Waals surface area contributed by atoms with Crippen LogP contribution in [-0.2, 0) is 11.2 Å². The summed E-state index contributed by atoms with van der Waals surface area (Å²) in [5, 5.41) is 5.93. The molecule has 2 rings (SSSR count). The van der Waals surface area contributed by atoms with Gasteiger partial charge in [-0.25, -0.2) is 14.8 Å². The summed E-state index contributed by atoms with van der Waals surface area (Å²) in [6, 6.07) is 5.67. The number of alkyl carbamates (subject to hydrolysis) is 1. The topological polar surface area (TPSA) is 67.4 Å². The van der Waals surface area contributed by atoms with Gasteiger partial charge >= 0.3 is 6.09 Å². The first-order valence-electron chi connectivity index (χ1n) is 8.51. The van der Waals surface area contributed by atoms with Crippen LogP contribution in [0.1, 0.15) is 54.7 Å². The second-order valence-corrected chi connectivity index (χ2v) is 12.9. The average Bonchev–Trinajstić information content (AvgIpc) is 2.84. The Morgan fingerprint density at radius 3 is 2.52 bits per heavy atom. The minimum absolute atomic E-state index is 0.0335. The summed E-state index contributed by atoms with van der Waals surface area (Å²) in [6.45, 7) is 5.54. The Balaban J connectivity index is 2.02. The summed E-state index contributed by atoms with van der Waals surface area (Å²) in [7, 11) is -0.769. The van der Waals surface area contributed by atoms with Crippen molar-refractivity contribution < 1.29 is 14.3 Å². The number of hydrogen-bond donors (Lipinski definition) is 2. The zero-order chi connectivity index (χ0) is 18.8. The lowest BCUT2D eigenvalue weighted by Gasteiger charge is -2.25. The molecule has 2 N–H and O–H groups in total. The Hall–Kier alpha value is -1.69. The van der Waals surface area contributed by atoms with Crippen molar-refractivity contribution in [2.45, 2.75) is 45.3 Å². The summed E-state index contributed by atoms with van der Waals surface area (Å²) in [4.78, 5) is 24.3. The van der Waals surface area contributed by atoms with Crippen LogP contribution in [0, 0.1) is 0 Å². The maximum atomic E-state index is 12.3. The number of rotatable bonds is 4. The predicted octanol–water partition coefficient (Wildman–Crippen LogP) is 3.58. The van der Waals surface area contributed by atoms with Crippen molar-refractivity contribution in [3.63, 3.8) is 0 Å². The molecule has 1 aliphatic rings.